The third kappa shape index (κ3) is 5.12. The van der Waals surface area contributed by atoms with Crippen molar-refractivity contribution in [1.29, 1.82) is 0 Å². The highest BCUT2D eigenvalue weighted by molar-refractivity contribution is 5.99. The van der Waals surface area contributed by atoms with Gasteiger partial charge in [0.25, 0.3) is 0 Å². The van der Waals surface area contributed by atoms with E-state index in [1.165, 1.54) is 7.11 Å². The molecule has 2 aromatic carbocycles. The molecule has 1 amide bonds. The van der Waals surface area contributed by atoms with Crippen LogP contribution in [0.4, 0.5) is 4.79 Å². The van der Waals surface area contributed by atoms with Crippen molar-refractivity contribution in [2.24, 2.45) is 5.92 Å². The van der Waals surface area contributed by atoms with Gasteiger partial charge in [0.15, 0.2) is 17.3 Å². The van der Waals surface area contributed by atoms with Crippen molar-refractivity contribution in [1.82, 2.24) is 4.90 Å². The molecular weight excluding hydrogens is 382 g/mol. The molecule has 1 atom stereocenters. The molecule has 1 saturated heterocycles. The van der Waals surface area contributed by atoms with Gasteiger partial charge in [0.2, 0.25) is 0 Å². The van der Waals surface area contributed by atoms with Gasteiger partial charge in [-0.25, -0.2) is 4.79 Å². The summed E-state index contributed by atoms with van der Waals surface area (Å²) in [6.45, 7) is 3.32. The maximum atomic E-state index is 12.5. The first-order valence-corrected chi connectivity index (χ1v) is 10.2. The Morgan fingerprint density at radius 2 is 1.87 bits per heavy atom. The second-order valence-corrected chi connectivity index (χ2v) is 7.57. The van der Waals surface area contributed by atoms with E-state index in [9.17, 15) is 9.59 Å². The lowest BCUT2D eigenvalue weighted by atomic mass is 9.93. The Hall–Kier alpha value is -3.02. The molecule has 6 heteroatoms. The minimum atomic E-state index is -0.275. The van der Waals surface area contributed by atoms with Crippen LogP contribution >= 0.6 is 0 Å². The Morgan fingerprint density at radius 1 is 1.10 bits per heavy atom. The Labute approximate surface area is 177 Å². The number of carbonyl (C=O) groups is 2. The van der Waals surface area contributed by atoms with Crippen molar-refractivity contribution in [3.8, 4) is 11.5 Å². The highest BCUT2D eigenvalue weighted by Crippen LogP contribution is 2.36. The van der Waals surface area contributed by atoms with E-state index in [1.54, 1.807) is 18.9 Å². The Morgan fingerprint density at radius 3 is 2.53 bits per heavy atom. The van der Waals surface area contributed by atoms with Gasteiger partial charge in [-0.1, -0.05) is 36.4 Å². The highest BCUT2D eigenvalue weighted by Gasteiger charge is 2.27. The predicted octanol–water partition coefficient (Wildman–Crippen LogP) is 4.50. The average Bonchev–Trinajstić information content (AvgIpc) is 3.25. The summed E-state index contributed by atoms with van der Waals surface area (Å²) in [5.74, 6) is 1.39. The van der Waals surface area contributed by atoms with Crippen LogP contribution in [0.1, 0.15) is 41.3 Å². The number of aryl methyl sites for hydroxylation is 1. The molecule has 1 heterocycles. The minimum Gasteiger partial charge on any atom is -0.493 e. The van der Waals surface area contributed by atoms with Gasteiger partial charge in [0, 0.05) is 13.1 Å². The van der Waals surface area contributed by atoms with E-state index < -0.39 is 0 Å². The second kappa shape index (κ2) is 10.1. The summed E-state index contributed by atoms with van der Waals surface area (Å²) in [6.07, 6.45) is 2.29. The van der Waals surface area contributed by atoms with Crippen LogP contribution in [0.15, 0.2) is 42.5 Å². The molecule has 0 N–H and O–H groups in total. The number of hydrogen-bond donors (Lipinski definition) is 0. The van der Waals surface area contributed by atoms with Crippen molar-refractivity contribution < 1.29 is 23.8 Å². The van der Waals surface area contributed by atoms with Gasteiger partial charge < -0.3 is 19.1 Å². The maximum absolute atomic E-state index is 12.5. The first-order chi connectivity index (χ1) is 14.5. The van der Waals surface area contributed by atoms with Crippen molar-refractivity contribution in [3.63, 3.8) is 0 Å². The highest BCUT2D eigenvalue weighted by atomic mass is 16.5. The third-order valence-electron chi connectivity index (χ3n) is 5.55. The van der Waals surface area contributed by atoms with Crippen LogP contribution in [0.5, 0.6) is 11.5 Å². The Bertz CT molecular complexity index is 881. The van der Waals surface area contributed by atoms with E-state index in [0.29, 0.717) is 42.7 Å². The summed E-state index contributed by atoms with van der Waals surface area (Å²) in [5.41, 5.74) is 2.55. The summed E-state index contributed by atoms with van der Waals surface area (Å²) in [7, 11) is 2.98. The topological polar surface area (TPSA) is 65.1 Å². The molecule has 1 unspecified atom stereocenters. The number of methoxy groups -OCH3 is 2. The predicted molar refractivity (Wildman–Crippen MR) is 114 cm³/mol. The number of likely N-dealkylation sites (tertiary alicyclic amines) is 1. The lowest BCUT2D eigenvalue weighted by Crippen LogP contribution is -2.28. The third-order valence-corrected chi connectivity index (χ3v) is 5.55. The van der Waals surface area contributed by atoms with E-state index in [0.717, 1.165) is 30.4 Å². The fourth-order valence-corrected chi connectivity index (χ4v) is 3.96. The standard InChI is InChI=1S/C24H29NO5/c1-17(26)22-20(10-9-18-13-14-25(15-18)24(27)29-3)11-12-21(28-2)23(22)30-16-19-7-5-4-6-8-19/h4-8,11-12,18H,9-10,13-16H2,1-3H3. The molecule has 1 aliphatic rings. The number of hydrogen-bond acceptors (Lipinski definition) is 5. The summed E-state index contributed by atoms with van der Waals surface area (Å²) in [4.78, 5) is 26.0. The minimum absolute atomic E-state index is 0.0467. The molecule has 0 bridgehead atoms. The van der Waals surface area contributed by atoms with Gasteiger partial charge >= 0.3 is 6.09 Å². The second-order valence-electron chi connectivity index (χ2n) is 7.57. The smallest absolute Gasteiger partial charge is 0.409 e. The first kappa shape index (κ1) is 21.7. The van der Waals surface area contributed by atoms with Gasteiger partial charge in [0.1, 0.15) is 6.61 Å². The van der Waals surface area contributed by atoms with Gasteiger partial charge in [-0.05, 0) is 49.3 Å². The van der Waals surface area contributed by atoms with Gasteiger partial charge in [-0.2, -0.15) is 0 Å². The van der Waals surface area contributed by atoms with E-state index in [1.807, 2.05) is 42.5 Å². The quantitative estimate of drug-likeness (QED) is 0.599. The molecule has 0 aromatic heterocycles. The maximum Gasteiger partial charge on any atom is 0.409 e. The molecule has 30 heavy (non-hydrogen) atoms. The molecular formula is C24H29NO5. The van der Waals surface area contributed by atoms with Crippen LogP contribution in [0.25, 0.3) is 0 Å². The zero-order valence-electron chi connectivity index (χ0n) is 17.8. The Balaban J connectivity index is 1.76. The van der Waals surface area contributed by atoms with Crippen molar-refractivity contribution in [3.05, 3.63) is 59.2 Å². The molecule has 3 rings (SSSR count). The fourth-order valence-electron chi connectivity index (χ4n) is 3.96. The summed E-state index contributed by atoms with van der Waals surface area (Å²) >= 11 is 0. The van der Waals surface area contributed by atoms with Crippen molar-refractivity contribution in [2.75, 3.05) is 27.3 Å². The lowest BCUT2D eigenvalue weighted by molar-refractivity contribution is 0.101. The zero-order chi connectivity index (χ0) is 21.5. The zero-order valence-corrected chi connectivity index (χ0v) is 17.8. The number of Topliss-reactive ketones (excluding diaryl/α,β-unsaturated/α-hetero) is 1. The summed E-state index contributed by atoms with van der Waals surface area (Å²) in [6, 6.07) is 13.6. The van der Waals surface area contributed by atoms with Crippen LogP contribution in [0.3, 0.4) is 0 Å². The van der Waals surface area contributed by atoms with E-state index in [4.69, 9.17) is 14.2 Å². The SMILES string of the molecule is COC(=O)N1CCC(CCc2ccc(OC)c(OCc3ccccc3)c2C(C)=O)C1. The normalized spacial score (nSPS) is 15.7. The molecule has 0 spiro atoms. The van der Waals surface area contributed by atoms with Crippen LogP contribution in [-0.2, 0) is 17.8 Å². The number of rotatable bonds is 8. The lowest BCUT2D eigenvalue weighted by Gasteiger charge is -2.18. The van der Waals surface area contributed by atoms with Crippen LogP contribution in [0, 0.1) is 5.92 Å². The van der Waals surface area contributed by atoms with Crippen LogP contribution in [-0.4, -0.2) is 44.1 Å². The molecule has 1 aliphatic heterocycles. The van der Waals surface area contributed by atoms with Crippen molar-refractivity contribution in [2.45, 2.75) is 32.8 Å². The van der Waals surface area contributed by atoms with Gasteiger partial charge in [-0.3, -0.25) is 4.79 Å². The molecule has 0 aliphatic carbocycles. The Kier molecular flexibility index (Phi) is 7.33. The molecule has 0 saturated carbocycles. The molecule has 160 valence electrons. The molecule has 2 aromatic rings. The molecule has 1 fully saturated rings. The first-order valence-electron chi connectivity index (χ1n) is 10.2. The fraction of sp³-hybridized carbons (Fsp3) is 0.417. The number of amides is 1. The monoisotopic (exact) mass is 411 g/mol. The van der Waals surface area contributed by atoms with E-state index in [2.05, 4.69) is 0 Å². The largest absolute Gasteiger partial charge is 0.493 e. The number of ether oxygens (including phenoxy) is 3. The molecule has 6 nitrogen and oxygen atoms in total. The average molecular weight is 411 g/mol. The van der Waals surface area contributed by atoms with Crippen LogP contribution < -0.4 is 9.47 Å². The summed E-state index contributed by atoms with van der Waals surface area (Å²) < 4.78 is 16.4. The number of ketones is 1. The van der Waals surface area contributed by atoms with E-state index in [-0.39, 0.29) is 11.9 Å². The number of benzene rings is 2. The van der Waals surface area contributed by atoms with E-state index >= 15 is 0 Å². The number of carbonyl (C=O) groups excluding carboxylic acids is 2. The van der Waals surface area contributed by atoms with Crippen LogP contribution in [0.2, 0.25) is 0 Å². The molecule has 0 radical (unpaired) electrons. The van der Waals surface area contributed by atoms with Crippen molar-refractivity contribution >= 4 is 11.9 Å². The van der Waals surface area contributed by atoms with Gasteiger partial charge in [-0.15, -0.1) is 0 Å². The summed E-state index contributed by atoms with van der Waals surface area (Å²) in [5, 5.41) is 0. The number of nitrogens with zero attached hydrogens (tertiary/aromatic N) is 1. The van der Waals surface area contributed by atoms with Gasteiger partial charge in [0.05, 0.1) is 19.8 Å².